The lowest BCUT2D eigenvalue weighted by molar-refractivity contribution is -0.124. The zero-order valence-electron chi connectivity index (χ0n) is 13.6. The predicted molar refractivity (Wildman–Crippen MR) is 91.2 cm³/mol. The van der Waals surface area contributed by atoms with Crippen LogP contribution in [0.5, 0.6) is 0 Å². The molecular formula is C18H23N5O. The second-order valence-corrected chi connectivity index (χ2v) is 6.62. The van der Waals surface area contributed by atoms with Gasteiger partial charge in [-0.2, -0.15) is 5.10 Å². The summed E-state index contributed by atoms with van der Waals surface area (Å²) >= 11 is 0. The first kappa shape index (κ1) is 15.4. The van der Waals surface area contributed by atoms with Gasteiger partial charge in [0.15, 0.2) is 0 Å². The lowest BCUT2D eigenvalue weighted by atomic mass is 9.81. The second kappa shape index (κ2) is 6.75. The largest absolute Gasteiger partial charge is 0.351 e. The summed E-state index contributed by atoms with van der Waals surface area (Å²) in [7, 11) is 0. The Labute approximate surface area is 141 Å². The first-order chi connectivity index (χ1) is 11.8. The minimum absolute atomic E-state index is 0.0761. The maximum absolute atomic E-state index is 12.6. The van der Waals surface area contributed by atoms with Crippen molar-refractivity contribution in [2.75, 3.05) is 0 Å². The van der Waals surface area contributed by atoms with E-state index in [0.717, 1.165) is 24.1 Å². The Bertz CT molecular complexity index is 699. The number of nitrogens with one attached hydrogen (secondary N) is 3. The summed E-state index contributed by atoms with van der Waals surface area (Å²) in [5, 5.41) is 7.38. The summed E-state index contributed by atoms with van der Waals surface area (Å²) in [5.41, 5.74) is 8.55. The molecule has 0 bridgehead atoms. The van der Waals surface area contributed by atoms with Crippen molar-refractivity contribution in [3.63, 3.8) is 0 Å². The van der Waals surface area contributed by atoms with Crippen LogP contribution in [0.2, 0.25) is 0 Å². The number of nitrogens with zero attached hydrogens (tertiary/aromatic N) is 2. The first-order valence-electron chi connectivity index (χ1n) is 8.69. The molecule has 1 aromatic heterocycles. The molecule has 2 heterocycles. The summed E-state index contributed by atoms with van der Waals surface area (Å²) in [5.74, 6) is 0.479. The minimum atomic E-state index is -0.132. The highest BCUT2D eigenvalue weighted by molar-refractivity contribution is 5.82. The summed E-state index contributed by atoms with van der Waals surface area (Å²) in [6, 6.07) is 10.2. The number of para-hydroxylation sites is 1. The molecule has 1 aromatic carbocycles. The van der Waals surface area contributed by atoms with Gasteiger partial charge in [-0.15, -0.1) is 0 Å². The van der Waals surface area contributed by atoms with E-state index >= 15 is 0 Å². The van der Waals surface area contributed by atoms with Gasteiger partial charge < -0.3 is 5.32 Å². The molecule has 3 atom stereocenters. The van der Waals surface area contributed by atoms with Gasteiger partial charge in [0.2, 0.25) is 5.91 Å². The van der Waals surface area contributed by atoms with Gasteiger partial charge in [0.1, 0.15) is 6.04 Å². The molecule has 2 fully saturated rings. The molecule has 1 aliphatic heterocycles. The molecule has 1 saturated heterocycles. The van der Waals surface area contributed by atoms with E-state index in [2.05, 4.69) is 21.3 Å². The summed E-state index contributed by atoms with van der Waals surface area (Å²) in [4.78, 5) is 12.6. The Balaban J connectivity index is 1.43. The molecular weight excluding hydrogens is 302 g/mol. The smallest absolute Gasteiger partial charge is 0.239 e. The quantitative estimate of drug-likeness (QED) is 0.797. The maximum atomic E-state index is 12.6. The van der Waals surface area contributed by atoms with E-state index in [4.69, 9.17) is 0 Å². The van der Waals surface area contributed by atoms with Gasteiger partial charge in [-0.05, 0) is 30.5 Å². The molecule has 4 rings (SSSR count). The Morgan fingerprint density at radius 2 is 2.08 bits per heavy atom. The fourth-order valence-electron chi connectivity index (χ4n) is 3.89. The number of carbonyl (C=O) groups is 1. The molecule has 3 N–H and O–H groups in total. The van der Waals surface area contributed by atoms with E-state index in [-0.39, 0.29) is 11.9 Å². The average Bonchev–Trinajstić information content (AvgIpc) is 3.29. The molecule has 0 spiro atoms. The van der Waals surface area contributed by atoms with Crippen molar-refractivity contribution in [1.29, 1.82) is 0 Å². The molecule has 1 saturated carbocycles. The van der Waals surface area contributed by atoms with Crippen LogP contribution < -0.4 is 16.2 Å². The number of hydrazine groups is 1. The highest BCUT2D eigenvalue weighted by Gasteiger charge is 2.40. The molecule has 0 radical (unpaired) electrons. The molecule has 24 heavy (non-hydrogen) atoms. The lowest BCUT2D eigenvalue weighted by Crippen LogP contribution is -2.45. The third kappa shape index (κ3) is 2.95. The number of aromatic nitrogens is 2. The van der Waals surface area contributed by atoms with Gasteiger partial charge in [0.05, 0.1) is 5.69 Å². The van der Waals surface area contributed by atoms with Gasteiger partial charge in [-0.25, -0.2) is 10.1 Å². The van der Waals surface area contributed by atoms with Crippen LogP contribution in [0.15, 0.2) is 42.7 Å². The number of rotatable bonds is 4. The van der Waals surface area contributed by atoms with Gasteiger partial charge in [-0.1, -0.05) is 31.0 Å². The number of benzene rings is 1. The van der Waals surface area contributed by atoms with Crippen molar-refractivity contribution < 1.29 is 4.79 Å². The Hall–Kier alpha value is -2.18. The fraction of sp³-hybridized carbons (Fsp3) is 0.444. The Kier molecular flexibility index (Phi) is 4.32. The van der Waals surface area contributed by atoms with Crippen molar-refractivity contribution in [3.05, 3.63) is 48.3 Å². The van der Waals surface area contributed by atoms with Gasteiger partial charge in [-0.3, -0.25) is 10.2 Å². The zero-order chi connectivity index (χ0) is 16.4. The van der Waals surface area contributed by atoms with Crippen molar-refractivity contribution >= 4 is 5.91 Å². The van der Waals surface area contributed by atoms with E-state index in [1.54, 1.807) is 6.20 Å². The number of fused-ring (bicyclic) bond motifs is 1. The average molecular weight is 325 g/mol. The molecule has 126 valence electrons. The minimum Gasteiger partial charge on any atom is -0.351 e. The Morgan fingerprint density at radius 3 is 2.96 bits per heavy atom. The molecule has 1 aliphatic carbocycles. The third-order valence-corrected chi connectivity index (χ3v) is 5.15. The Morgan fingerprint density at radius 1 is 1.21 bits per heavy atom. The topological polar surface area (TPSA) is 71.0 Å². The van der Waals surface area contributed by atoms with Gasteiger partial charge >= 0.3 is 0 Å². The van der Waals surface area contributed by atoms with Crippen molar-refractivity contribution in [2.45, 2.75) is 44.3 Å². The van der Waals surface area contributed by atoms with Crippen LogP contribution in [0.4, 0.5) is 0 Å². The fourth-order valence-corrected chi connectivity index (χ4v) is 3.89. The first-order valence-corrected chi connectivity index (χ1v) is 8.69. The molecule has 3 unspecified atom stereocenters. The van der Waals surface area contributed by atoms with E-state index in [0.29, 0.717) is 18.5 Å². The molecule has 1 amide bonds. The van der Waals surface area contributed by atoms with Crippen LogP contribution >= 0.6 is 0 Å². The van der Waals surface area contributed by atoms with Crippen molar-refractivity contribution in [1.82, 2.24) is 25.9 Å². The van der Waals surface area contributed by atoms with E-state index in [1.807, 2.05) is 41.2 Å². The van der Waals surface area contributed by atoms with Gasteiger partial charge in [0, 0.05) is 30.9 Å². The number of carbonyl (C=O) groups excluding carboxylic acids is 1. The third-order valence-electron chi connectivity index (χ3n) is 5.15. The predicted octanol–water partition coefficient (Wildman–Crippen LogP) is 1.52. The van der Waals surface area contributed by atoms with Crippen molar-refractivity contribution in [2.24, 2.45) is 5.92 Å². The summed E-state index contributed by atoms with van der Waals surface area (Å²) in [6.45, 7) is 0.504. The van der Waals surface area contributed by atoms with Crippen LogP contribution in [0.3, 0.4) is 0 Å². The number of amides is 1. The van der Waals surface area contributed by atoms with Crippen molar-refractivity contribution in [3.8, 4) is 5.69 Å². The van der Waals surface area contributed by atoms with Crippen LogP contribution in [-0.4, -0.2) is 27.8 Å². The highest BCUT2D eigenvalue weighted by atomic mass is 16.2. The normalized spacial score (nSPS) is 26.1. The van der Waals surface area contributed by atoms with E-state index < -0.39 is 0 Å². The highest BCUT2D eigenvalue weighted by Crippen LogP contribution is 2.30. The van der Waals surface area contributed by atoms with Crippen LogP contribution in [0.25, 0.3) is 5.69 Å². The monoisotopic (exact) mass is 325 g/mol. The number of hydrogen-bond donors (Lipinski definition) is 3. The second-order valence-electron chi connectivity index (χ2n) is 6.62. The zero-order valence-corrected chi connectivity index (χ0v) is 13.6. The summed E-state index contributed by atoms with van der Waals surface area (Å²) < 4.78 is 1.83. The summed E-state index contributed by atoms with van der Waals surface area (Å²) in [6.07, 6.45) is 8.41. The van der Waals surface area contributed by atoms with Gasteiger partial charge in [0.25, 0.3) is 0 Å². The molecule has 2 aliphatic rings. The maximum Gasteiger partial charge on any atom is 0.239 e. The molecule has 6 nitrogen and oxygen atoms in total. The van der Waals surface area contributed by atoms with Crippen LogP contribution in [-0.2, 0) is 11.3 Å². The molecule has 2 aromatic rings. The SMILES string of the molecule is O=C(NCc1ccccc1-n1cccn1)C1NNC2CCCCC21. The van der Waals surface area contributed by atoms with Crippen LogP contribution in [0.1, 0.15) is 31.2 Å². The van der Waals surface area contributed by atoms with Crippen LogP contribution in [0, 0.1) is 5.92 Å². The van der Waals surface area contributed by atoms with E-state index in [9.17, 15) is 4.79 Å². The molecule has 6 heteroatoms. The standard InChI is InChI=1S/C18H23N5O/c24-18(17-14-7-2-3-8-15(14)21-22-17)19-12-13-6-1-4-9-16(13)23-11-5-10-20-23/h1,4-6,9-11,14-15,17,21-22H,2-3,7-8,12H2,(H,19,24). The van der Waals surface area contributed by atoms with E-state index in [1.165, 1.54) is 12.8 Å². The number of hydrogen-bond acceptors (Lipinski definition) is 4. The lowest BCUT2D eigenvalue weighted by Gasteiger charge is -2.26.